The lowest BCUT2D eigenvalue weighted by Gasteiger charge is -2.38. The van der Waals surface area contributed by atoms with E-state index in [0.29, 0.717) is 32.5 Å². The Balaban J connectivity index is 1.84. The number of nitrogens with zero attached hydrogens (tertiary/aromatic N) is 1. The Morgan fingerprint density at radius 3 is 2.33 bits per heavy atom. The average Bonchev–Trinajstić information content (AvgIpc) is 2.54. The topological polar surface area (TPSA) is 61.4 Å². The molecule has 1 fully saturated rings. The van der Waals surface area contributed by atoms with Crippen molar-refractivity contribution in [3.8, 4) is 0 Å². The molecule has 0 atom stereocenters. The van der Waals surface area contributed by atoms with Gasteiger partial charge in [-0.3, -0.25) is 4.79 Å². The summed E-state index contributed by atoms with van der Waals surface area (Å²) in [5, 5.41) is 5.80. The van der Waals surface area contributed by atoms with Crippen LogP contribution in [0, 0.1) is 11.2 Å². The third kappa shape index (κ3) is 4.69. The minimum Gasteiger partial charge on any atom is -0.352 e. The highest BCUT2D eigenvalue weighted by molar-refractivity contribution is 5.83. The first kappa shape index (κ1) is 18.2. The van der Waals surface area contributed by atoms with Crippen LogP contribution >= 0.6 is 0 Å². The molecule has 0 saturated carbocycles. The number of hydrogen-bond acceptors (Lipinski definition) is 2. The molecule has 0 unspecified atom stereocenters. The zero-order chi connectivity index (χ0) is 17.7. The summed E-state index contributed by atoms with van der Waals surface area (Å²) >= 11 is 0. The standard InChI is InChI=1S/C18H26FN3O2/c1-13(2)21-17(24)22-10-8-18(3,9-11-22)16(23)20-12-14-4-6-15(19)7-5-14/h4-7,13H,8-12H2,1-3H3,(H,20,23)(H,21,24). The van der Waals surface area contributed by atoms with Crippen LogP contribution in [-0.4, -0.2) is 36.0 Å². The monoisotopic (exact) mass is 335 g/mol. The van der Waals surface area contributed by atoms with Crippen molar-refractivity contribution < 1.29 is 14.0 Å². The maximum Gasteiger partial charge on any atom is 0.317 e. The second kappa shape index (κ2) is 7.64. The number of carbonyl (C=O) groups excluding carboxylic acids is 2. The quantitative estimate of drug-likeness (QED) is 0.889. The summed E-state index contributed by atoms with van der Waals surface area (Å²) < 4.78 is 12.9. The number of amides is 3. The zero-order valence-corrected chi connectivity index (χ0v) is 14.6. The van der Waals surface area contributed by atoms with Crippen LogP contribution < -0.4 is 10.6 Å². The van der Waals surface area contributed by atoms with Crippen molar-refractivity contribution in [1.82, 2.24) is 15.5 Å². The number of urea groups is 1. The first-order valence-electron chi connectivity index (χ1n) is 8.38. The summed E-state index contributed by atoms with van der Waals surface area (Å²) in [5.74, 6) is -0.306. The number of halogens is 1. The van der Waals surface area contributed by atoms with Crippen molar-refractivity contribution in [2.24, 2.45) is 5.41 Å². The van der Waals surface area contributed by atoms with Crippen molar-refractivity contribution in [1.29, 1.82) is 0 Å². The molecule has 2 rings (SSSR count). The summed E-state index contributed by atoms with van der Waals surface area (Å²) in [5.41, 5.74) is 0.386. The third-order valence-electron chi connectivity index (χ3n) is 4.48. The lowest BCUT2D eigenvalue weighted by molar-refractivity contribution is -0.132. The molecule has 24 heavy (non-hydrogen) atoms. The van der Waals surface area contributed by atoms with Crippen molar-refractivity contribution >= 4 is 11.9 Å². The molecule has 2 N–H and O–H groups in total. The van der Waals surface area contributed by atoms with Crippen molar-refractivity contribution in [2.45, 2.75) is 46.2 Å². The summed E-state index contributed by atoms with van der Waals surface area (Å²) in [4.78, 5) is 26.3. The van der Waals surface area contributed by atoms with Gasteiger partial charge >= 0.3 is 6.03 Å². The van der Waals surface area contributed by atoms with Crippen molar-refractivity contribution in [3.63, 3.8) is 0 Å². The van der Waals surface area contributed by atoms with Gasteiger partial charge in [0.15, 0.2) is 0 Å². The predicted molar refractivity (Wildman–Crippen MR) is 90.8 cm³/mol. The van der Waals surface area contributed by atoms with Crippen molar-refractivity contribution in [2.75, 3.05) is 13.1 Å². The first-order chi connectivity index (χ1) is 11.3. The molecular formula is C18H26FN3O2. The fourth-order valence-corrected chi connectivity index (χ4v) is 2.77. The molecule has 1 aliphatic heterocycles. The van der Waals surface area contributed by atoms with E-state index in [1.807, 2.05) is 20.8 Å². The normalized spacial score (nSPS) is 16.8. The van der Waals surface area contributed by atoms with Gasteiger partial charge in [0.05, 0.1) is 0 Å². The number of carbonyl (C=O) groups is 2. The predicted octanol–water partition coefficient (Wildman–Crippen LogP) is 2.66. The van der Waals surface area contributed by atoms with E-state index in [0.717, 1.165) is 5.56 Å². The fraction of sp³-hybridized carbons (Fsp3) is 0.556. The molecule has 132 valence electrons. The van der Waals surface area contributed by atoms with E-state index in [-0.39, 0.29) is 23.8 Å². The Morgan fingerprint density at radius 2 is 1.79 bits per heavy atom. The Morgan fingerprint density at radius 1 is 1.21 bits per heavy atom. The molecule has 0 aromatic heterocycles. The van der Waals surface area contributed by atoms with Crippen LogP contribution in [0.1, 0.15) is 39.2 Å². The minimum absolute atomic E-state index is 0.0178. The van der Waals surface area contributed by atoms with E-state index in [1.54, 1.807) is 17.0 Å². The maximum atomic E-state index is 12.9. The van der Waals surface area contributed by atoms with Gasteiger partial charge in [-0.2, -0.15) is 0 Å². The number of likely N-dealkylation sites (tertiary alicyclic amines) is 1. The summed E-state index contributed by atoms with van der Waals surface area (Å²) in [6.07, 6.45) is 1.27. The maximum absolute atomic E-state index is 12.9. The molecule has 6 heteroatoms. The van der Waals surface area contributed by atoms with E-state index in [9.17, 15) is 14.0 Å². The van der Waals surface area contributed by atoms with Gasteiger partial charge in [-0.15, -0.1) is 0 Å². The van der Waals surface area contributed by atoms with Gasteiger partial charge in [0, 0.05) is 31.1 Å². The molecule has 1 saturated heterocycles. The van der Waals surface area contributed by atoms with E-state index in [2.05, 4.69) is 10.6 Å². The second-order valence-corrected chi connectivity index (χ2v) is 6.96. The van der Waals surface area contributed by atoms with Crippen LogP contribution in [0.25, 0.3) is 0 Å². The number of benzene rings is 1. The molecule has 3 amide bonds. The minimum atomic E-state index is -0.478. The van der Waals surface area contributed by atoms with Gasteiger partial charge < -0.3 is 15.5 Å². The van der Waals surface area contributed by atoms with Crippen LogP contribution in [0.2, 0.25) is 0 Å². The molecule has 0 bridgehead atoms. The highest BCUT2D eigenvalue weighted by Gasteiger charge is 2.37. The number of nitrogens with one attached hydrogen (secondary N) is 2. The Hall–Kier alpha value is -2.11. The molecule has 0 aliphatic carbocycles. The highest BCUT2D eigenvalue weighted by Crippen LogP contribution is 2.31. The van der Waals surface area contributed by atoms with Gasteiger partial charge in [-0.05, 0) is 44.4 Å². The van der Waals surface area contributed by atoms with Crippen LogP contribution in [0.4, 0.5) is 9.18 Å². The molecule has 1 aromatic rings. The van der Waals surface area contributed by atoms with Crippen LogP contribution in [0.15, 0.2) is 24.3 Å². The summed E-state index contributed by atoms with van der Waals surface area (Å²) in [7, 11) is 0. The smallest absolute Gasteiger partial charge is 0.317 e. The number of hydrogen-bond donors (Lipinski definition) is 2. The summed E-state index contributed by atoms with van der Waals surface area (Å²) in [6.45, 7) is 7.30. The second-order valence-electron chi connectivity index (χ2n) is 6.96. The Bertz CT molecular complexity index is 578. The molecular weight excluding hydrogens is 309 g/mol. The Kier molecular flexibility index (Phi) is 5.80. The highest BCUT2D eigenvalue weighted by atomic mass is 19.1. The van der Waals surface area contributed by atoms with Crippen LogP contribution in [0.3, 0.4) is 0 Å². The molecule has 1 aliphatic rings. The van der Waals surface area contributed by atoms with Gasteiger partial charge in [0.25, 0.3) is 0 Å². The lowest BCUT2D eigenvalue weighted by Crippen LogP contribution is -2.51. The number of piperidine rings is 1. The molecule has 0 radical (unpaired) electrons. The third-order valence-corrected chi connectivity index (χ3v) is 4.48. The summed E-state index contributed by atoms with van der Waals surface area (Å²) in [6, 6.07) is 6.13. The van der Waals surface area contributed by atoms with E-state index >= 15 is 0 Å². The molecule has 1 aromatic carbocycles. The van der Waals surface area contributed by atoms with Gasteiger partial charge in [-0.25, -0.2) is 9.18 Å². The lowest BCUT2D eigenvalue weighted by atomic mass is 9.79. The Labute approximate surface area is 142 Å². The first-order valence-corrected chi connectivity index (χ1v) is 8.38. The van der Waals surface area contributed by atoms with Crippen LogP contribution in [0.5, 0.6) is 0 Å². The van der Waals surface area contributed by atoms with E-state index < -0.39 is 5.41 Å². The largest absolute Gasteiger partial charge is 0.352 e. The van der Waals surface area contributed by atoms with E-state index in [1.165, 1.54) is 12.1 Å². The van der Waals surface area contributed by atoms with Gasteiger partial charge in [0.2, 0.25) is 5.91 Å². The molecule has 1 heterocycles. The van der Waals surface area contributed by atoms with Gasteiger partial charge in [-0.1, -0.05) is 19.1 Å². The number of rotatable bonds is 4. The SMILES string of the molecule is CC(C)NC(=O)N1CCC(C)(C(=O)NCc2ccc(F)cc2)CC1. The average molecular weight is 335 g/mol. The molecule has 0 spiro atoms. The van der Waals surface area contributed by atoms with Crippen LogP contribution in [-0.2, 0) is 11.3 Å². The van der Waals surface area contributed by atoms with Crippen molar-refractivity contribution in [3.05, 3.63) is 35.6 Å². The van der Waals surface area contributed by atoms with E-state index in [4.69, 9.17) is 0 Å². The zero-order valence-electron chi connectivity index (χ0n) is 14.6. The molecule has 5 nitrogen and oxygen atoms in total. The van der Waals surface area contributed by atoms with Gasteiger partial charge in [0.1, 0.15) is 5.82 Å². The fourth-order valence-electron chi connectivity index (χ4n) is 2.77.